The molecule has 21 heavy (non-hydrogen) atoms. The Hall–Kier alpha value is -0.120. The smallest absolute Gasteiger partial charge is 0.0599 e. The third-order valence-electron chi connectivity index (χ3n) is 6.50. The van der Waals surface area contributed by atoms with Crippen molar-refractivity contribution in [1.82, 2.24) is 4.90 Å². The van der Waals surface area contributed by atoms with Crippen molar-refractivity contribution < 1.29 is 4.74 Å². The normalized spacial score (nSPS) is 35.9. The first-order chi connectivity index (χ1) is 10.0. The highest BCUT2D eigenvalue weighted by Crippen LogP contribution is 2.42. The van der Waals surface area contributed by atoms with Gasteiger partial charge < -0.3 is 10.5 Å². The summed E-state index contributed by atoms with van der Waals surface area (Å²) < 4.78 is 5.55. The van der Waals surface area contributed by atoms with Crippen LogP contribution < -0.4 is 5.73 Å². The lowest BCUT2D eigenvalue weighted by Gasteiger charge is -2.47. The first-order valence-corrected chi connectivity index (χ1v) is 9.00. The van der Waals surface area contributed by atoms with Gasteiger partial charge in [0, 0.05) is 32.3 Å². The van der Waals surface area contributed by atoms with Crippen molar-refractivity contribution in [3.05, 3.63) is 0 Å². The Kier molecular flexibility index (Phi) is 6.10. The highest BCUT2D eigenvalue weighted by molar-refractivity contribution is 4.91. The van der Waals surface area contributed by atoms with Crippen LogP contribution in [0.15, 0.2) is 0 Å². The predicted octanol–water partition coefficient (Wildman–Crippen LogP) is 3.42. The van der Waals surface area contributed by atoms with Gasteiger partial charge in [-0.05, 0) is 49.9 Å². The molecule has 3 heteroatoms. The van der Waals surface area contributed by atoms with E-state index in [1.54, 1.807) is 0 Å². The molecule has 124 valence electrons. The van der Waals surface area contributed by atoms with Gasteiger partial charge in [-0.25, -0.2) is 0 Å². The van der Waals surface area contributed by atoms with E-state index in [9.17, 15) is 0 Å². The molecule has 2 aliphatic rings. The van der Waals surface area contributed by atoms with Crippen LogP contribution in [0.25, 0.3) is 0 Å². The average Bonchev–Trinajstić information content (AvgIpc) is 2.54. The maximum atomic E-state index is 6.04. The fraction of sp³-hybridized carbons (Fsp3) is 1.00. The minimum absolute atomic E-state index is 0.421. The van der Waals surface area contributed by atoms with Gasteiger partial charge in [0.15, 0.2) is 0 Å². The second kappa shape index (κ2) is 7.43. The molecule has 0 spiro atoms. The molecule has 0 aromatic heterocycles. The number of nitrogens with two attached hydrogens (primary N) is 1. The van der Waals surface area contributed by atoms with Gasteiger partial charge in [-0.3, -0.25) is 4.90 Å². The summed E-state index contributed by atoms with van der Waals surface area (Å²) in [7, 11) is 1.84. The molecule has 1 aliphatic carbocycles. The number of hydrogen-bond acceptors (Lipinski definition) is 3. The SMILES string of the molecule is CCC(C)(C)C1CCC(N2CCC(OC)CC2CN)CC1. The van der Waals surface area contributed by atoms with E-state index in [1.165, 1.54) is 45.1 Å². The van der Waals surface area contributed by atoms with Crippen molar-refractivity contribution in [2.75, 3.05) is 20.2 Å². The van der Waals surface area contributed by atoms with E-state index in [2.05, 4.69) is 25.7 Å². The molecule has 1 heterocycles. The third-order valence-corrected chi connectivity index (χ3v) is 6.50. The predicted molar refractivity (Wildman–Crippen MR) is 89.4 cm³/mol. The van der Waals surface area contributed by atoms with Gasteiger partial charge in [0.2, 0.25) is 0 Å². The molecular weight excluding hydrogens is 260 g/mol. The minimum atomic E-state index is 0.421. The summed E-state index contributed by atoms with van der Waals surface area (Å²) in [5.74, 6) is 0.909. The van der Waals surface area contributed by atoms with Crippen LogP contribution in [0.2, 0.25) is 0 Å². The van der Waals surface area contributed by atoms with Crippen LogP contribution in [0, 0.1) is 11.3 Å². The van der Waals surface area contributed by atoms with Gasteiger partial charge in [-0.2, -0.15) is 0 Å². The van der Waals surface area contributed by atoms with E-state index in [1.807, 2.05) is 7.11 Å². The lowest BCUT2D eigenvalue weighted by molar-refractivity contribution is -0.0189. The summed E-state index contributed by atoms with van der Waals surface area (Å²) >= 11 is 0. The van der Waals surface area contributed by atoms with Crippen molar-refractivity contribution >= 4 is 0 Å². The standard InChI is InChI=1S/C18H36N2O/c1-5-18(2,3)14-6-8-15(9-7-14)20-11-10-17(21-4)12-16(20)13-19/h14-17H,5-13,19H2,1-4H3. The number of likely N-dealkylation sites (tertiary alicyclic amines) is 1. The summed E-state index contributed by atoms with van der Waals surface area (Å²) in [5, 5.41) is 0. The Morgan fingerprint density at radius 1 is 1.14 bits per heavy atom. The van der Waals surface area contributed by atoms with E-state index in [4.69, 9.17) is 10.5 Å². The second-order valence-electron chi connectivity index (χ2n) is 7.86. The average molecular weight is 296 g/mol. The lowest BCUT2D eigenvalue weighted by atomic mass is 9.68. The molecule has 2 N–H and O–H groups in total. The first-order valence-electron chi connectivity index (χ1n) is 9.00. The minimum Gasteiger partial charge on any atom is -0.381 e. The fourth-order valence-electron chi connectivity index (χ4n) is 4.44. The summed E-state index contributed by atoms with van der Waals surface area (Å²) in [6, 6.07) is 1.30. The third kappa shape index (κ3) is 4.00. The topological polar surface area (TPSA) is 38.5 Å². The zero-order valence-electron chi connectivity index (χ0n) is 14.6. The van der Waals surface area contributed by atoms with Crippen LogP contribution in [-0.2, 0) is 4.74 Å². The molecule has 0 radical (unpaired) electrons. The van der Waals surface area contributed by atoms with Crippen LogP contribution in [0.1, 0.15) is 65.7 Å². The molecule has 2 rings (SSSR count). The zero-order chi connectivity index (χ0) is 15.5. The second-order valence-corrected chi connectivity index (χ2v) is 7.86. The summed E-state index contributed by atoms with van der Waals surface area (Å²) in [6.45, 7) is 9.19. The number of piperidine rings is 1. The monoisotopic (exact) mass is 296 g/mol. The molecule has 0 bridgehead atoms. The molecule has 0 amide bonds. The van der Waals surface area contributed by atoms with Crippen LogP contribution >= 0.6 is 0 Å². The highest BCUT2D eigenvalue weighted by Gasteiger charge is 2.37. The van der Waals surface area contributed by atoms with Gasteiger partial charge in [-0.15, -0.1) is 0 Å². The Bertz CT molecular complexity index is 310. The van der Waals surface area contributed by atoms with Gasteiger partial charge in [0.05, 0.1) is 6.10 Å². The molecule has 1 aliphatic heterocycles. The van der Waals surface area contributed by atoms with Crippen LogP contribution in [0.3, 0.4) is 0 Å². The molecule has 0 aromatic carbocycles. The molecule has 1 saturated heterocycles. The van der Waals surface area contributed by atoms with Crippen LogP contribution in [0.5, 0.6) is 0 Å². The molecule has 2 fully saturated rings. The Morgan fingerprint density at radius 3 is 2.33 bits per heavy atom. The largest absolute Gasteiger partial charge is 0.381 e. The van der Waals surface area contributed by atoms with Gasteiger partial charge in [0.25, 0.3) is 0 Å². The van der Waals surface area contributed by atoms with Crippen molar-refractivity contribution in [1.29, 1.82) is 0 Å². The van der Waals surface area contributed by atoms with Crippen LogP contribution in [-0.4, -0.2) is 43.3 Å². The molecule has 1 saturated carbocycles. The number of nitrogens with zero attached hydrogens (tertiary/aromatic N) is 1. The number of ether oxygens (including phenoxy) is 1. The Labute approximate surface area is 131 Å². The van der Waals surface area contributed by atoms with Gasteiger partial charge >= 0.3 is 0 Å². The summed E-state index contributed by atoms with van der Waals surface area (Å²) in [5.41, 5.74) is 6.55. The zero-order valence-corrected chi connectivity index (χ0v) is 14.6. The van der Waals surface area contributed by atoms with E-state index in [-0.39, 0.29) is 0 Å². The molecule has 3 nitrogen and oxygen atoms in total. The first kappa shape index (κ1) is 17.2. The molecule has 0 aromatic rings. The van der Waals surface area contributed by atoms with E-state index < -0.39 is 0 Å². The van der Waals surface area contributed by atoms with Gasteiger partial charge in [0.1, 0.15) is 0 Å². The molecular formula is C18H36N2O. The lowest BCUT2D eigenvalue weighted by Crippen LogP contribution is -2.54. The van der Waals surface area contributed by atoms with Gasteiger partial charge in [-0.1, -0.05) is 27.2 Å². The number of hydrogen-bond donors (Lipinski definition) is 1. The van der Waals surface area contributed by atoms with Crippen molar-refractivity contribution in [2.24, 2.45) is 17.1 Å². The van der Waals surface area contributed by atoms with E-state index in [0.717, 1.165) is 24.9 Å². The Morgan fingerprint density at radius 2 is 1.81 bits per heavy atom. The highest BCUT2D eigenvalue weighted by atomic mass is 16.5. The van der Waals surface area contributed by atoms with E-state index >= 15 is 0 Å². The number of methoxy groups -OCH3 is 1. The summed E-state index contributed by atoms with van der Waals surface area (Å²) in [6.07, 6.45) is 9.53. The maximum absolute atomic E-state index is 6.04. The number of rotatable bonds is 5. The Balaban J connectivity index is 1.89. The van der Waals surface area contributed by atoms with E-state index in [0.29, 0.717) is 17.6 Å². The van der Waals surface area contributed by atoms with Crippen molar-refractivity contribution in [2.45, 2.75) is 83.9 Å². The van der Waals surface area contributed by atoms with Crippen LogP contribution in [0.4, 0.5) is 0 Å². The quantitative estimate of drug-likeness (QED) is 0.845. The fourth-order valence-corrected chi connectivity index (χ4v) is 4.44. The molecule has 2 unspecified atom stereocenters. The maximum Gasteiger partial charge on any atom is 0.0599 e. The molecule has 2 atom stereocenters. The summed E-state index contributed by atoms with van der Waals surface area (Å²) in [4.78, 5) is 2.71. The van der Waals surface area contributed by atoms with Crippen molar-refractivity contribution in [3.63, 3.8) is 0 Å². The van der Waals surface area contributed by atoms with Crippen molar-refractivity contribution in [3.8, 4) is 0 Å².